The van der Waals surface area contributed by atoms with Gasteiger partial charge in [0, 0.05) is 52.3 Å². The molecule has 6 nitrogen and oxygen atoms in total. The molecule has 140 valence electrons. The predicted octanol–water partition coefficient (Wildman–Crippen LogP) is 5.00. The molecule has 0 radical (unpaired) electrons. The molecule has 4 aromatic rings. The molecule has 2 aromatic heterocycles. The summed E-state index contributed by atoms with van der Waals surface area (Å²) in [5.74, 6) is -0.271. The third kappa shape index (κ3) is 3.16. The Labute approximate surface area is 165 Å². The number of benzene rings is 2. The summed E-state index contributed by atoms with van der Waals surface area (Å²) >= 11 is 1.57. The van der Waals surface area contributed by atoms with E-state index < -0.39 is 4.92 Å². The Balaban J connectivity index is 1.78. The molecule has 2 heterocycles. The summed E-state index contributed by atoms with van der Waals surface area (Å²) in [7, 11) is 1.73. The van der Waals surface area contributed by atoms with Gasteiger partial charge in [-0.3, -0.25) is 14.9 Å². The van der Waals surface area contributed by atoms with Crippen LogP contribution in [-0.4, -0.2) is 27.8 Å². The van der Waals surface area contributed by atoms with Crippen molar-refractivity contribution in [3.63, 3.8) is 0 Å². The summed E-state index contributed by atoms with van der Waals surface area (Å²) in [6, 6.07) is 17.4. The highest BCUT2D eigenvalue weighted by atomic mass is 32.1. The number of aromatic nitrogens is 1. The summed E-state index contributed by atoms with van der Waals surface area (Å²) in [5, 5.41) is 14.1. The molecule has 4 rings (SSSR count). The first-order valence-electron chi connectivity index (χ1n) is 8.67. The van der Waals surface area contributed by atoms with E-state index in [1.54, 1.807) is 29.4 Å². The van der Waals surface area contributed by atoms with Crippen molar-refractivity contribution in [2.24, 2.45) is 0 Å². The van der Waals surface area contributed by atoms with Gasteiger partial charge in [-0.15, -0.1) is 11.3 Å². The van der Waals surface area contributed by atoms with Gasteiger partial charge in [0.1, 0.15) is 0 Å². The Morgan fingerprint density at radius 2 is 1.96 bits per heavy atom. The summed E-state index contributed by atoms with van der Waals surface area (Å²) < 4.78 is 0. The number of thiophene rings is 1. The number of nitro benzene ring substituents is 1. The minimum atomic E-state index is -0.493. The monoisotopic (exact) mass is 391 g/mol. The van der Waals surface area contributed by atoms with Crippen LogP contribution in [0.4, 0.5) is 5.69 Å². The second-order valence-corrected chi connectivity index (χ2v) is 7.41. The van der Waals surface area contributed by atoms with Gasteiger partial charge in [0.15, 0.2) is 0 Å². The summed E-state index contributed by atoms with van der Waals surface area (Å²) in [6.07, 6.45) is 1.92. The van der Waals surface area contributed by atoms with E-state index in [9.17, 15) is 14.9 Å². The number of carbonyl (C=O) groups excluding carboxylic acids is 1. The van der Waals surface area contributed by atoms with E-state index in [1.165, 1.54) is 18.2 Å². The maximum atomic E-state index is 13.2. The van der Waals surface area contributed by atoms with Gasteiger partial charge in [0.25, 0.3) is 11.6 Å². The number of nitrogens with one attached hydrogen (secondary N) is 1. The smallest absolute Gasteiger partial charge is 0.270 e. The van der Waals surface area contributed by atoms with Crippen LogP contribution in [0.2, 0.25) is 0 Å². The average molecular weight is 391 g/mol. The van der Waals surface area contributed by atoms with Crippen molar-refractivity contribution in [2.75, 3.05) is 7.05 Å². The molecular formula is C21H17N3O3S. The van der Waals surface area contributed by atoms with Gasteiger partial charge in [-0.05, 0) is 23.6 Å². The van der Waals surface area contributed by atoms with E-state index in [1.807, 2.05) is 48.0 Å². The molecule has 0 unspecified atom stereocenters. The summed E-state index contributed by atoms with van der Waals surface area (Å²) in [4.78, 5) is 29.7. The van der Waals surface area contributed by atoms with Crippen LogP contribution in [0.3, 0.4) is 0 Å². The minimum absolute atomic E-state index is 0.0981. The first-order chi connectivity index (χ1) is 13.6. The quantitative estimate of drug-likeness (QED) is 0.384. The predicted molar refractivity (Wildman–Crippen MR) is 110 cm³/mol. The SMILES string of the molecule is CN(C(=O)c1cccc([N+](=O)[O-])c1)[C@H](c1cccs1)c1c[nH]c2ccccc12. The van der Waals surface area contributed by atoms with E-state index >= 15 is 0 Å². The fourth-order valence-electron chi connectivity index (χ4n) is 3.39. The fraction of sp³-hybridized carbons (Fsp3) is 0.0952. The first-order valence-corrected chi connectivity index (χ1v) is 9.55. The largest absolute Gasteiger partial charge is 0.361 e. The van der Waals surface area contributed by atoms with Gasteiger partial charge < -0.3 is 9.88 Å². The van der Waals surface area contributed by atoms with Crippen molar-refractivity contribution < 1.29 is 9.72 Å². The minimum Gasteiger partial charge on any atom is -0.361 e. The molecule has 7 heteroatoms. The lowest BCUT2D eigenvalue weighted by Gasteiger charge is -2.27. The second-order valence-electron chi connectivity index (χ2n) is 6.43. The summed E-state index contributed by atoms with van der Waals surface area (Å²) in [6.45, 7) is 0. The van der Waals surface area contributed by atoms with Crippen molar-refractivity contribution >= 4 is 33.8 Å². The number of hydrogen-bond donors (Lipinski definition) is 1. The van der Waals surface area contributed by atoms with E-state index in [4.69, 9.17) is 0 Å². The van der Waals surface area contributed by atoms with Crippen LogP contribution in [0.5, 0.6) is 0 Å². The molecule has 28 heavy (non-hydrogen) atoms. The molecule has 0 saturated carbocycles. The van der Waals surface area contributed by atoms with Crippen LogP contribution in [0.25, 0.3) is 10.9 Å². The van der Waals surface area contributed by atoms with Crippen LogP contribution in [0.15, 0.2) is 72.2 Å². The molecule has 0 spiro atoms. The van der Waals surface area contributed by atoms with Crippen molar-refractivity contribution in [1.82, 2.24) is 9.88 Å². The normalized spacial score (nSPS) is 12.0. The Morgan fingerprint density at radius 1 is 1.14 bits per heavy atom. The lowest BCUT2D eigenvalue weighted by atomic mass is 10.0. The number of fused-ring (bicyclic) bond motifs is 1. The third-order valence-electron chi connectivity index (χ3n) is 4.74. The number of amides is 1. The number of aromatic amines is 1. The Kier molecular flexibility index (Phi) is 4.67. The molecule has 0 aliphatic heterocycles. The molecule has 0 aliphatic carbocycles. The third-order valence-corrected chi connectivity index (χ3v) is 5.66. The molecule has 0 fully saturated rings. The number of para-hydroxylation sites is 1. The van der Waals surface area contributed by atoms with Crippen LogP contribution >= 0.6 is 11.3 Å². The molecule has 1 N–H and O–H groups in total. The number of rotatable bonds is 5. The highest BCUT2D eigenvalue weighted by Gasteiger charge is 2.28. The average Bonchev–Trinajstić information content (AvgIpc) is 3.39. The zero-order valence-electron chi connectivity index (χ0n) is 15.0. The maximum Gasteiger partial charge on any atom is 0.270 e. The lowest BCUT2D eigenvalue weighted by molar-refractivity contribution is -0.384. The standard InChI is InChI=1S/C21H17N3O3S/c1-23(21(25)14-6-4-7-15(12-14)24(26)27)20(19-10-5-11-28-19)17-13-22-18-9-3-2-8-16(17)18/h2-13,20,22H,1H3/t20-/m0/s1. The van der Waals surface area contributed by atoms with Gasteiger partial charge in [-0.1, -0.05) is 30.3 Å². The van der Waals surface area contributed by atoms with Crippen LogP contribution in [0, 0.1) is 10.1 Å². The topological polar surface area (TPSA) is 79.2 Å². The van der Waals surface area contributed by atoms with Gasteiger partial charge >= 0.3 is 0 Å². The number of nitrogens with zero attached hydrogens (tertiary/aromatic N) is 2. The van der Waals surface area contributed by atoms with Crippen molar-refractivity contribution in [1.29, 1.82) is 0 Å². The number of hydrogen-bond acceptors (Lipinski definition) is 4. The Morgan fingerprint density at radius 3 is 2.71 bits per heavy atom. The van der Waals surface area contributed by atoms with E-state index in [2.05, 4.69) is 4.98 Å². The molecule has 0 saturated heterocycles. The second kappa shape index (κ2) is 7.28. The summed E-state index contributed by atoms with van der Waals surface area (Å²) in [5.41, 5.74) is 2.17. The van der Waals surface area contributed by atoms with E-state index in [-0.39, 0.29) is 23.2 Å². The highest BCUT2D eigenvalue weighted by molar-refractivity contribution is 7.10. The van der Waals surface area contributed by atoms with Gasteiger partial charge in [-0.2, -0.15) is 0 Å². The van der Waals surface area contributed by atoms with Crippen LogP contribution in [-0.2, 0) is 0 Å². The number of non-ortho nitro benzene ring substituents is 1. The van der Waals surface area contributed by atoms with Gasteiger partial charge in [0.2, 0.25) is 0 Å². The molecule has 0 bridgehead atoms. The zero-order valence-corrected chi connectivity index (χ0v) is 15.8. The molecule has 1 amide bonds. The van der Waals surface area contributed by atoms with Crippen LogP contribution in [0.1, 0.15) is 26.8 Å². The number of carbonyl (C=O) groups is 1. The van der Waals surface area contributed by atoms with E-state index in [0.29, 0.717) is 0 Å². The zero-order chi connectivity index (χ0) is 19.7. The van der Waals surface area contributed by atoms with Crippen LogP contribution < -0.4 is 0 Å². The van der Waals surface area contributed by atoms with Crippen molar-refractivity contribution in [3.05, 3.63) is 98.4 Å². The van der Waals surface area contributed by atoms with Crippen molar-refractivity contribution in [3.8, 4) is 0 Å². The van der Waals surface area contributed by atoms with Gasteiger partial charge in [0.05, 0.1) is 11.0 Å². The number of H-pyrrole nitrogens is 1. The molecule has 0 aliphatic rings. The van der Waals surface area contributed by atoms with Gasteiger partial charge in [-0.25, -0.2) is 0 Å². The molecule has 2 aromatic carbocycles. The first kappa shape index (κ1) is 17.9. The maximum absolute atomic E-state index is 13.2. The van der Waals surface area contributed by atoms with E-state index in [0.717, 1.165) is 21.3 Å². The molecular weight excluding hydrogens is 374 g/mol. The van der Waals surface area contributed by atoms with Crippen molar-refractivity contribution in [2.45, 2.75) is 6.04 Å². The molecule has 1 atom stereocenters. The number of nitro groups is 1. The Bertz CT molecular complexity index is 1150. The fourth-order valence-corrected chi connectivity index (χ4v) is 4.28. The lowest BCUT2D eigenvalue weighted by Crippen LogP contribution is -2.31. The highest BCUT2D eigenvalue weighted by Crippen LogP contribution is 2.36. The Hall–Kier alpha value is -3.45.